The molecule has 1 heterocycles. The predicted molar refractivity (Wildman–Crippen MR) is 58.6 cm³/mol. The SMILES string of the molecule is CC(C)c1c(C2(C)CC2F)nn(C)c1N. The molecule has 1 fully saturated rings. The molecule has 4 heteroatoms. The number of nitrogens with zero attached hydrogens (tertiary/aromatic N) is 2. The van der Waals surface area contributed by atoms with Crippen LogP contribution < -0.4 is 5.73 Å². The molecule has 1 saturated carbocycles. The highest BCUT2D eigenvalue weighted by Crippen LogP contribution is 2.52. The quantitative estimate of drug-likeness (QED) is 0.814. The molecule has 0 amide bonds. The minimum Gasteiger partial charge on any atom is -0.384 e. The Balaban J connectivity index is 2.52. The van der Waals surface area contributed by atoms with Crippen molar-refractivity contribution in [2.45, 2.75) is 44.7 Å². The van der Waals surface area contributed by atoms with Crippen LogP contribution in [0.25, 0.3) is 0 Å². The summed E-state index contributed by atoms with van der Waals surface area (Å²) in [5, 5.41) is 4.37. The van der Waals surface area contributed by atoms with Gasteiger partial charge >= 0.3 is 0 Å². The maximum atomic E-state index is 13.3. The standard InChI is InChI=1S/C11H18FN3/c1-6(2)8-9(11(3)5-7(11)12)14-15(4)10(8)13/h6-7H,5,13H2,1-4H3. The van der Waals surface area contributed by atoms with Crippen LogP contribution in [-0.4, -0.2) is 16.0 Å². The van der Waals surface area contributed by atoms with E-state index in [0.717, 1.165) is 11.3 Å². The van der Waals surface area contributed by atoms with Gasteiger partial charge in [0, 0.05) is 18.0 Å². The summed E-state index contributed by atoms with van der Waals surface area (Å²) in [7, 11) is 1.81. The lowest BCUT2D eigenvalue weighted by atomic mass is 9.94. The van der Waals surface area contributed by atoms with E-state index in [4.69, 9.17) is 5.73 Å². The number of anilines is 1. The minimum absolute atomic E-state index is 0.290. The van der Waals surface area contributed by atoms with Crippen LogP contribution in [0, 0.1) is 0 Å². The Morgan fingerprint density at radius 1 is 1.60 bits per heavy atom. The van der Waals surface area contributed by atoms with Crippen molar-refractivity contribution in [3.63, 3.8) is 0 Å². The molecule has 84 valence electrons. The summed E-state index contributed by atoms with van der Waals surface area (Å²) in [5.41, 5.74) is 7.42. The highest BCUT2D eigenvalue weighted by Gasteiger charge is 2.55. The first-order valence-corrected chi connectivity index (χ1v) is 5.35. The summed E-state index contributed by atoms with van der Waals surface area (Å²) >= 11 is 0. The zero-order chi connectivity index (χ0) is 11.4. The highest BCUT2D eigenvalue weighted by molar-refractivity contribution is 5.50. The van der Waals surface area contributed by atoms with E-state index in [9.17, 15) is 4.39 Å². The molecule has 0 spiro atoms. The molecule has 1 aliphatic carbocycles. The summed E-state index contributed by atoms with van der Waals surface area (Å²) in [6.45, 7) is 6.05. The van der Waals surface area contributed by atoms with Crippen LogP contribution >= 0.6 is 0 Å². The molecule has 1 aromatic rings. The fourth-order valence-electron chi connectivity index (χ4n) is 2.10. The van der Waals surface area contributed by atoms with Crippen molar-refractivity contribution in [3.8, 4) is 0 Å². The molecule has 0 radical (unpaired) electrons. The molecule has 2 atom stereocenters. The molecule has 1 aliphatic rings. The number of aromatic nitrogens is 2. The summed E-state index contributed by atoms with van der Waals surface area (Å²) in [4.78, 5) is 0. The average molecular weight is 211 g/mol. The molecule has 15 heavy (non-hydrogen) atoms. The molecule has 2 rings (SSSR count). The van der Waals surface area contributed by atoms with Gasteiger partial charge in [-0.25, -0.2) is 4.39 Å². The average Bonchev–Trinajstić information content (AvgIpc) is 2.60. The normalized spacial score (nSPS) is 29.9. The largest absolute Gasteiger partial charge is 0.384 e. The monoisotopic (exact) mass is 211 g/mol. The first-order chi connectivity index (χ1) is 6.88. The van der Waals surface area contributed by atoms with Crippen LogP contribution in [0.15, 0.2) is 0 Å². The molecule has 3 nitrogen and oxygen atoms in total. The molecule has 2 N–H and O–H groups in total. The van der Waals surface area contributed by atoms with Crippen LogP contribution in [0.5, 0.6) is 0 Å². The van der Waals surface area contributed by atoms with Crippen LogP contribution in [0.2, 0.25) is 0 Å². The van der Waals surface area contributed by atoms with Crippen molar-refractivity contribution in [3.05, 3.63) is 11.3 Å². The van der Waals surface area contributed by atoms with Crippen molar-refractivity contribution in [2.24, 2.45) is 7.05 Å². The second-order valence-electron chi connectivity index (χ2n) is 5.01. The van der Waals surface area contributed by atoms with Crippen LogP contribution in [-0.2, 0) is 12.5 Å². The topological polar surface area (TPSA) is 43.8 Å². The number of hydrogen-bond donors (Lipinski definition) is 1. The number of nitrogen functional groups attached to an aromatic ring is 1. The van der Waals surface area contributed by atoms with Gasteiger partial charge in [0.15, 0.2) is 0 Å². The molecule has 0 saturated heterocycles. The van der Waals surface area contributed by atoms with Gasteiger partial charge in [0.05, 0.1) is 5.69 Å². The molecular weight excluding hydrogens is 193 g/mol. The smallest absolute Gasteiger partial charge is 0.125 e. The van der Waals surface area contributed by atoms with E-state index in [1.807, 2.05) is 14.0 Å². The third-order valence-electron chi connectivity index (χ3n) is 3.38. The first-order valence-electron chi connectivity index (χ1n) is 5.35. The van der Waals surface area contributed by atoms with Crippen molar-refractivity contribution in [2.75, 3.05) is 5.73 Å². The number of halogens is 1. The molecule has 0 aromatic carbocycles. The van der Waals surface area contributed by atoms with Gasteiger partial charge in [-0.05, 0) is 12.3 Å². The molecular formula is C11H18FN3. The second kappa shape index (κ2) is 2.97. The Hall–Kier alpha value is -1.06. The van der Waals surface area contributed by atoms with Crippen LogP contribution in [0.3, 0.4) is 0 Å². The number of aryl methyl sites for hydroxylation is 1. The third-order valence-corrected chi connectivity index (χ3v) is 3.38. The number of nitrogens with two attached hydrogens (primary N) is 1. The summed E-state index contributed by atoms with van der Waals surface area (Å²) < 4.78 is 15.0. The lowest BCUT2D eigenvalue weighted by Crippen LogP contribution is -2.10. The van der Waals surface area contributed by atoms with Crippen molar-refractivity contribution >= 4 is 5.82 Å². The zero-order valence-corrected chi connectivity index (χ0v) is 9.71. The molecule has 2 unspecified atom stereocenters. The van der Waals surface area contributed by atoms with E-state index in [1.54, 1.807) is 4.68 Å². The van der Waals surface area contributed by atoms with Gasteiger partial charge < -0.3 is 5.73 Å². The predicted octanol–water partition coefficient (Wildman–Crippen LogP) is 2.13. The van der Waals surface area contributed by atoms with Gasteiger partial charge in [0.2, 0.25) is 0 Å². The van der Waals surface area contributed by atoms with Gasteiger partial charge in [-0.15, -0.1) is 0 Å². The lowest BCUT2D eigenvalue weighted by molar-refractivity contribution is 0.425. The van der Waals surface area contributed by atoms with E-state index >= 15 is 0 Å². The van der Waals surface area contributed by atoms with E-state index in [2.05, 4.69) is 18.9 Å². The minimum atomic E-state index is -0.760. The summed E-state index contributed by atoms with van der Waals surface area (Å²) in [5.74, 6) is 0.957. The third kappa shape index (κ3) is 1.34. The van der Waals surface area contributed by atoms with Crippen LogP contribution in [0.4, 0.5) is 10.2 Å². The Labute approximate surface area is 89.5 Å². The van der Waals surface area contributed by atoms with Crippen LogP contribution in [0.1, 0.15) is 44.4 Å². The number of rotatable bonds is 2. The van der Waals surface area contributed by atoms with Crippen molar-refractivity contribution in [1.82, 2.24) is 9.78 Å². The zero-order valence-electron chi connectivity index (χ0n) is 9.71. The fraction of sp³-hybridized carbons (Fsp3) is 0.727. The fourth-order valence-corrected chi connectivity index (χ4v) is 2.10. The van der Waals surface area contributed by atoms with E-state index < -0.39 is 11.6 Å². The Morgan fingerprint density at radius 3 is 2.53 bits per heavy atom. The maximum Gasteiger partial charge on any atom is 0.125 e. The van der Waals surface area contributed by atoms with Gasteiger partial charge in [0.25, 0.3) is 0 Å². The maximum absolute atomic E-state index is 13.3. The molecule has 0 aliphatic heterocycles. The van der Waals surface area contributed by atoms with Gasteiger partial charge in [-0.3, -0.25) is 4.68 Å². The van der Waals surface area contributed by atoms with E-state index in [-0.39, 0.29) is 0 Å². The Bertz CT molecular complexity index is 397. The molecule has 1 aromatic heterocycles. The van der Waals surface area contributed by atoms with Gasteiger partial charge in [0.1, 0.15) is 12.0 Å². The number of alkyl halides is 1. The first kappa shape index (κ1) is 10.5. The molecule has 0 bridgehead atoms. The number of hydrogen-bond acceptors (Lipinski definition) is 2. The van der Waals surface area contributed by atoms with E-state index in [0.29, 0.717) is 18.2 Å². The van der Waals surface area contributed by atoms with Gasteiger partial charge in [-0.1, -0.05) is 20.8 Å². The van der Waals surface area contributed by atoms with Gasteiger partial charge in [-0.2, -0.15) is 5.10 Å². The summed E-state index contributed by atoms with van der Waals surface area (Å²) in [6.07, 6.45) is -0.187. The Kier molecular flexibility index (Phi) is 2.07. The van der Waals surface area contributed by atoms with E-state index in [1.165, 1.54) is 0 Å². The lowest BCUT2D eigenvalue weighted by Gasteiger charge is -2.11. The second-order valence-corrected chi connectivity index (χ2v) is 5.01. The summed E-state index contributed by atoms with van der Waals surface area (Å²) in [6, 6.07) is 0. The van der Waals surface area contributed by atoms with Crippen molar-refractivity contribution < 1.29 is 4.39 Å². The van der Waals surface area contributed by atoms with Crippen molar-refractivity contribution in [1.29, 1.82) is 0 Å². The highest BCUT2D eigenvalue weighted by atomic mass is 19.1. The Morgan fingerprint density at radius 2 is 2.13 bits per heavy atom.